The fraction of sp³-hybridized carbons (Fsp3) is 0.143. The highest BCUT2D eigenvalue weighted by Gasteiger charge is 2.10. The van der Waals surface area contributed by atoms with Gasteiger partial charge in [-0.3, -0.25) is 10.1 Å². The summed E-state index contributed by atoms with van der Waals surface area (Å²) in [5.41, 5.74) is 2.19. The number of pyridine rings is 1. The van der Waals surface area contributed by atoms with Gasteiger partial charge in [0.25, 0.3) is 5.95 Å². The molecular weight excluding hydrogens is 298 g/mol. The molecule has 3 N–H and O–H groups in total. The van der Waals surface area contributed by atoms with Crippen LogP contribution in [0, 0.1) is 0 Å². The van der Waals surface area contributed by atoms with Gasteiger partial charge in [0.15, 0.2) is 0 Å². The largest absolute Gasteiger partial charge is 0.475 e. The van der Waals surface area contributed by atoms with Gasteiger partial charge >= 0.3 is 5.97 Å². The lowest BCUT2D eigenvalue weighted by molar-refractivity contribution is 0.0684. The average molecular weight is 311 g/mol. The highest BCUT2D eigenvalue weighted by Crippen LogP contribution is 2.30. The van der Waals surface area contributed by atoms with Crippen LogP contribution in [-0.4, -0.2) is 37.8 Å². The van der Waals surface area contributed by atoms with Crippen molar-refractivity contribution >= 4 is 34.2 Å². The first-order chi connectivity index (χ1) is 11.2. The van der Waals surface area contributed by atoms with Gasteiger partial charge in [-0.05, 0) is 31.2 Å². The first-order valence-electron chi connectivity index (χ1n) is 6.88. The van der Waals surface area contributed by atoms with Gasteiger partial charge in [0.1, 0.15) is 5.69 Å². The molecule has 0 saturated carbocycles. The minimum Gasteiger partial charge on any atom is -0.475 e. The van der Waals surface area contributed by atoms with E-state index in [2.05, 4.69) is 35.7 Å². The Balaban J connectivity index is 1.98. The minimum atomic E-state index is -1.21. The van der Waals surface area contributed by atoms with Gasteiger partial charge < -0.3 is 10.4 Å². The fourth-order valence-corrected chi connectivity index (χ4v) is 2.07. The Morgan fingerprint density at radius 1 is 1.35 bits per heavy atom. The molecule has 2 heterocycles. The molecule has 2 aromatic heterocycles. The van der Waals surface area contributed by atoms with E-state index in [4.69, 9.17) is 5.11 Å². The molecule has 0 spiro atoms. The molecule has 0 aliphatic rings. The summed E-state index contributed by atoms with van der Waals surface area (Å²) in [6.07, 6.45) is 1.67. The number of aromatic carboxylic acids is 1. The molecule has 0 aliphatic carbocycles. The summed E-state index contributed by atoms with van der Waals surface area (Å²) in [5, 5.41) is 26.8. The van der Waals surface area contributed by atoms with E-state index in [1.54, 1.807) is 12.3 Å². The van der Waals surface area contributed by atoms with E-state index in [1.807, 2.05) is 25.1 Å². The van der Waals surface area contributed by atoms with Crippen molar-refractivity contribution in [2.45, 2.75) is 6.92 Å². The van der Waals surface area contributed by atoms with Crippen molar-refractivity contribution in [1.29, 1.82) is 0 Å². The predicted molar refractivity (Wildman–Crippen MR) is 83.4 cm³/mol. The number of rotatable bonds is 5. The Labute approximate surface area is 130 Å². The van der Waals surface area contributed by atoms with Crippen LogP contribution >= 0.6 is 0 Å². The van der Waals surface area contributed by atoms with Crippen LogP contribution in [0.4, 0.5) is 17.3 Å². The van der Waals surface area contributed by atoms with Gasteiger partial charge in [-0.2, -0.15) is 4.98 Å². The molecule has 1 aromatic carbocycles. The van der Waals surface area contributed by atoms with Gasteiger partial charge in [-0.15, -0.1) is 15.3 Å². The number of aromatic nitrogens is 4. The molecule has 0 fully saturated rings. The number of nitrogens with zero attached hydrogens (tertiary/aromatic N) is 5. The summed E-state index contributed by atoms with van der Waals surface area (Å²) < 4.78 is 0. The van der Waals surface area contributed by atoms with Crippen LogP contribution in [0.1, 0.15) is 17.5 Å². The molecule has 0 bridgehead atoms. The molecule has 3 aromatic rings. The highest BCUT2D eigenvalue weighted by molar-refractivity contribution is 5.98. The second-order valence-electron chi connectivity index (χ2n) is 4.55. The number of carbonyl (C=O) groups is 1. The second-order valence-corrected chi connectivity index (χ2v) is 4.55. The number of hydrogen-bond acceptors (Lipinski definition) is 7. The van der Waals surface area contributed by atoms with E-state index in [1.165, 1.54) is 0 Å². The van der Waals surface area contributed by atoms with Crippen LogP contribution in [0.25, 0.3) is 10.9 Å². The molecule has 3 rings (SSSR count). The van der Waals surface area contributed by atoms with Gasteiger partial charge in [0, 0.05) is 23.8 Å². The quantitative estimate of drug-likeness (QED) is 0.621. The summed E-state index contributed by atoms with van der Waals surface area (Å²) in [5.74, 6) is -1.55. The SMILES string of the molecule is CCNc1ccc(/N=N/c2n[nH]c(C(=O)O)n2)c2ncccc12. The number of nitrogens with one attached hydrogen (secondary N) is 2. The Morgan fingerprint density at radius 2 is 2.22 bits per heavy atom. The Bertz CT molecular complexity index is 888. The lowest BCUT2D eigenvalue weighted by Crippen LogP contribution is -1.98. The monoisotopic (exact) mass is 311 g/mol. The predicted octanol–water partition coefficient (Wildman–Crippen LogP) is 2.90. The van der Waals surface area contributed by atoms with Gasteiger partial charge in [-0.25, -0.2) is 4.79 Å². The number of azo groups is 1. The van der Waals surface area contributed by atoms with Crippen molar-refractivity contribution in [2.24, 2.45) is 10.2 Å². The molecule has 23 heavy (non-hydrogen) atoms. The zero-order chi connectivity index (χ0) is 16.2. The number of benzene rings is 1. The van der Waals surface area contributed by atoms with Crippen LogP contribution in [-0.2, 0) is 0 Å². The van der Waals surface area contributed by atoms with E-state index in [9.17, 15) is 4.79 Å². The molecule has 0 radical (unpaired) electrons. The van der Waals surface area contributed by atoms with Crippen LogP contribution in [0.5, 0.6) is 0 Å². The first-order valence-corrected chi connectivity index (χ1v) is 6.88. The third-order valence-corrected chi connectivity index (χ3v) is 3.04. The van der Waals surface area contributed by atoms with Crippen molar-refractivity contribution in [2.75, 3.05) is 11.9 Å². The van der Waals surface area contributed by atoms with E-state index in [-0.39, 0.29) is 11.8 Å². The number of carboxylic acid groups (broad SMARTS) is 1. The number of H-pyrrole nitrogens is 1. The fourth-order valence-electron chi connectivity index (χ4n) is 2.07. The summed E-state index contributed by atoms with van der Waals surface area (Å²) >= 11 is 0. The molecular formula is C14H13N7O2. The van der Waals surface area contributed by atoms with Gasteiger partial charge in [0.05, 0.1) is 5.52 Å². The number of aromatic amines is 1. The third-order valence-electron chi connectivity index (χ3n) is 3.04. The van der Waals surface area contributed by atoms with E-state index in [0.717, 1.165) is 17.6 Å². The molecule has 0 aliphatic heterocycles. The number of carboxylic acids is 1. The lowest BCUT2D eigenvalue weighted by atomic mass is 10.1. The van der Waals surface area contributed by atoms with Crippen molar-refractivity contribution < 1.29 is 9.90 Å². The second kappa shape index (κ2) is 6.18. The van der Waals surface area contributed by atoms with Crippen molar-refractivity contribution in [1.82, 2.24) is 20.2 Å². The molecule has 0 saturated heterocycles. The van der Waals surface area contributed by atoms with E-state index >= 15 is 0 Å². The summed E-state index contributed by atoms with van der Waals surface area (Å²) in [4.78, 5) is 18.8. The average Bonchev–Trinajstić information content (AvgIpc) is 3.04. The minimum absolute atomic E-state index is 0.0535. The number of hydrogen-bond donors (Lipinski definition) is 3. The summed E-state index contributed by atoms with van der Waals surface area (Å²) in [6, 6.07) is 7.46. The summed E-state index contributed by atoms with van der Waals surface area (Å²) in [6.45, 7) is 2.80. The topological polar surface area (TPSA) is 129 Å². The molecule has 9 nitrogen and oxygen atoms in total. The maximum atomic E-state index is 10.7. The van der Waals surface area contributed by atoms with E-state index < -0.39 is 5.97 Å². The van der Waals surface area contributed by atoms with Crippen LogP contribution < -0.4 is 5.32 Å². The van der Waals surface area contributed by atoms with Crippen molar-refractivity contribution in [3.63, 3.8) is 0 Å². The number of anilines is 1. The third kappa shape index (κ3) is 2.98. The number of fused-ring (bicyclic) bond motifs is 1. The maximum absolute atomic E-state index is 10.7. The zero-order valence-corrected chi connectivity index (χ0v) is 12.2. The van der Waals surface area contributed by atoms with Gasteiger partial charge in [-0.1, -0.05) is 0 Å². The van der Waals surface area contributed by atoms with Gasteiger partial charge in [0.2, 0.25) is 5.82 Å². The molecule has 0 unspecified atom stereocenters. The Hall–Kier alpha value is -3.36. The van der Waals surface area contributed by atoms with Crippen LogP contribution in [0.3, 0.4) is 0 Å². The van der Waals surface area contributed by atoms with Crippen LogP contribution in [0.2, 0.25) is 0 Å². The molecule has 0 amide bonds. The van der Waals surface area contributed by atoms with Crippen LogP contribution in [0.15, 0.2) is 40.7 Å². The molecule has 0 atom stereocenters. The smallest absolute Gasteiger partial charge is 0.373 e. The summed E-state index contributed by atoms with van der Waals surface area (Å²) in [7, 11) is 0. The first kappa shape index (κ1) is 14.6. The maximum Gasteiger partial charge on any atom is 0.373 e. The zero-order valence-electron chi connectivity index (χ0n) is 12.2. The van der Waals surface area contributed by atoms with E-state index in [0.29, 0.717) is 11.2 Å². The normalized spacial score (nSPS) is 11.2. The highest BCUT2D eigenvalue weighted by atomic mass is 16.4. The van der Waals surface area contributed by atoms with Crippen molar-refractivity contribution in [3.05, 3.63) is 36.3 Å². The Kier molecular flexibility index (Phi) is 3.91. The molecule has 116 valence electrons. The lowest BCUT2D eigenvalue weighted by Gasteiger charge is -2.08. The standard InChI is InChI=1S/C14H13N7O2/c1-2-15-9-5-6-10(11-8(9)4-3-7-16-11)18-20-14-17-12(13(22)23)19-21-14/h3-7,15H,2H2,1H3,(H,22,23)(H,17,19,21)/b20-18+. The van der Waals surface area contributed by atoms with Crippen molar-refractivity contribution in [3.8, 4) is 0 Å². The Morgan fingerprint density at radius 3 is 2.96 bits per heavy atom. The molecule has 9 heteroatoms.